The van der Waals surface area contributed by atoms with Crippen molar-refractivity contribution in [3.8, 4) is 0 Å². The lowest BCUT2D eigenvalue weighted by Crippen LogP contribution is -2.50. The van der Waals surface area contributed by atoms with Crippen molar-refractivity contribution < 1.29 is 24.2 Å². The molecule has 2 rings (SSSR count). The highest BCUT2D eigenvalue weighted by Gasteiger charge is 2.43. The lowest BCUT2D eigenvalue weighted by atomic mass is 9.80. The van der Waals surface area contributed by atoms with E-state index in [2.05, 4.69) is 4.90 Å². The summed E-state index contributed by atoms with van der Waals surface area (Å²) >= 11 is 0. The van der Waals surface area contributed by atoms with Crippen molar-refractivity contribution >= 4 is 11.9 Å². The van der Waals surface area contributed by atoms with Crippen molar-refractivity contribution in [2.24, 2.45) is 5.41 Å². The lowest BCUT2D eigenvalue weighted by molar-refractivity contribution is -0.163. The van der Waals surface area contributed by atoms with Gasteiger partial charge in [-0.15, -0.1) is 0 Å². The van der Waals surface area contributed by atoms with Crippen LogP contribution in [0.5, 0.6) is 0 Å². The second kappa shape index (κ2) is 8.26. The molecule has 1 aliphatic rings. The van der Waals surface area contributed by atoms with Crippen LogP contribution in [0.2, 0.25) is 0 Å². The van der Waals surface area contributed by atoms with E-state index >= 15 is 0 Å². The number of carbonyl (C=O) groups is 2. The highest BCUT2D eigenvalue weighted by atomic mass is 16.5. The number of carboxylic acid groups (broad SMARTS) is 1. The first-order valence-electron chi connectivity index (χ1n) is 8.21. The van der Waals surface area contributed by atoms with E-state index in [1.165, 1.54) is 0 Å². The molecule has 1 aromatic carbocycles. The smallest absolute Gasteiger partial charge is 0.335 e. The average molecular weight is 335 g/mol. The number of piperidine rings is 1. The van der Waals surface area contributed by atoms with Crippen molar-refractivity contribution in [3.05, 3.63) is 35.4 Å². The highest BCUT2D eigenvalue weighted by Crippen LogP contribution is 2.32. The van der Waals surface area contributed by atoms with E-state index in [1.807, 2.05) is 19.1 Å². The summed E-state index contributed by atoms with van der Waals surface area (Å²) in [7, 11) is 1.60. The van der Waals surface area contributed by atoms with Crippen LogP contribution in [-0.4, -0.2) is 55.4 Å². The number of nitrogens with zero attached hydrogens (tertiary/aromatic N) is 1. The van der Waals surface area contributed by atoms with Gasteiger partial charge >= 0.3 is 11.9 Å². The van der Waals surface area contributed by atoms with Crippen LogP contribution in [-0.2, 0) is 20.8 Å². The molecule has 1 atom stereocenters. The number of ether oxygens (including phenoxy) is 2. The maximum absolute atomic E-state index is 12.4. The normalized spacial score (nSPS) is 21.4. The maximum Gasteiger partial charge on any atom is 0.335 e. The van der Waals surface area contributed by atoms with Crippen LogP contribution in [0.3, 0.4) is 0 Å². The number of aromatic carboxylic acids is 1. The number of carbonyl (C=O) groups excluding carboxylic acids is 1. The fraction of sp³-hybridized carbons (Fsp3) is 0.556. The molecule has 1 N–H and O–H groups in total. The molecule has 1 fully saturated rings. The molecule has 0 spiro atoms. The minimum Gasteiger partial charge on any atom is -0.478 e. The Kier molecular flexibility index (Phi) is 6.34. The van der Waals surface area contributed by atoms with Gasteiger partial charge in [-0.1, -0.05) is 12.1 Å². The lowest BCUT2D eigenvalue weighted by Gasteiger charge is -2.40. The summed E-state index contributed by atoms with van der Waals surface area (Å²) in [5.41, 5.74) is 0.680. The zero-order valence-corrected chi connectivity index (χ0v) is 14.3. The molecule has 1 saturated heterocycles. The monoisotopic (exact) mass is 335 g/mol. The van der Waals surface area contributed by atoms with Gasteiger partial charge in [-0.3, -0.25) is 9.69 Å². The molecule has 0 aromatic heterocycles. The number of methoxy groups -OCH3 is 1. The van der Waals surface area contributed by atoms with Gasteiger partial charge in [0, 0.05) is 20.2 Å². The molecule has 24 heavy (non-hydrogen) atoms. The van der Waals surface area contributed by atoms with Gasteiger partial charge in [0.05, 0.1) is 18.8 Å². The molecule has 132 valence electrons. The number of esters is 1. The molecule has 1 unspecified atom stereocenters. The van der Waals surface area contributed by atoms with E-state index < -0.39 is 11.4 Å². The quantitative estimate of drug-likeness (QED) is 0.770. The molecule has 0 saturated carbocycles. The van der Waals surface area contributed by atoms with Gasteiger partial charge in [-0.05, 0) is 44.0 Å². The number of likely N-dealkylation sites (tertiary alicyclic amines) is 1. The van der Waals surface area contributed by atoms with E-state index in [4.69, 9.17) is 14.6 Å². The largest absolute Gasteiger partial charge is 0.478 e. The Hall–Kier alpha value is -1.92. The molecule has 0 amide bonds. The van der Waals surface area contributed by atoms with Crippen molar-refractivity contribution in [2.75, 3.05) is 33.4 Å². The van der Waals surface area contributed by atoms with Crippen LogP contribution in [0.15, 0.2) is 24.3 Å². The van der Waals surface area contributed by atoms with E-state index in [0.29, 0.717) is 26.3 Å². The second-order valence-electron chi connectivity index (χ2n) is 6.25. The van der Waals surface area contributed by atoms with E-state index in [-0.39, 0.29) is 11.5 Å². The summed E-state index contributed by atoms with van der Waals surface area (Å²) < 4.78 is 10.6. The van der Waals surface area contributed by atoms with Crippen molar-refractivity contribution in [3.63, 3.8) is 0 Å². The molecule has 6 nitrogen and oxygen atoms in total. The second-order valence-corrected chi connectivity index (χ2v) is 6.25. The molecule has 0 bridgehead atoms. The van der Waals surface area contributed by atoms with Gasteiger partial charge in [-0.25, -0.2) is 4.79 Å². The van der Waals surface area contributed by atoms with Gasteiger partial charge in [0.25, 0.3) is 0 Å². The van der Waals surface area contributed by atoms with Crippen LogP contribution in [0.25, 0.3) is 0 Å². The van der Waals surface area contributed by atoms with Crippen molar-refractivity contribution in [1.29, 1.82) is 0 Å². The zero-order chi connectivity index (χ0) is 17.6. The molecule has 0 radical (unpaired) electrons. The van der Waals surface area contributed by atoms with Crippen molar-refractivity contribution in [2.45, 2.75) is 26.3 Å². The fourth-order valence-corrected chi connectivity index (χ4v) is 3.28. The van der Waals surface area contributed by atoms with Crippen LogP contribution in [0, 0.1) is 5.41 Å². The van der Waals surface area contributed by atoms with E-state index in [0.717, 1.165) is 24.9 Å². The summed E-state index contributed by atoms with van der Waals surface area (Å²) in [6.07, 6.45) is 1.66. The Bertz CT molecular complexity index is 567. The third kappa shape index (κ3) is 4.33. The number of hydrogen-bond donors (Lipinski definition) is 1. The summed E-state index contributed by atoms with van der Waals surface area (Å²) in [4.78, 5) is 25.6. The predicted octanol–water partition coefficient (Wildman–Crippen LogP) is 2.18. The number of hydrogen-bond acceptors (Lipinski definition) is 5. The van der Waals surface area contributed by atoms with Gasteiger partial charge in [-0.2, -0.15) is 0 Å². The minimum atomic E-state index is -0.930. The first-order chi connectivity index (χ1) is 11.5. The first kappa shape index (κ1) is 18.4. The fourth-order valence-electron chi connectivity index (χ4n) is 3.28. The molecular weight excluding hydrogens is 310 g/mol. The van der Waals surface area contributed by atoms with Gasteiger partial charge in [0.1, 0.15) is 5.41 Å². The van der Waals surface area contributed by atoms with Gasteiger partial charge in [0.2, 0.25) is 0 Å². The summed E-state index contributed by atoms with van der Waals surface area (Å²) in [6, 6.07) is 6.85. The third-order valence-corrected chi connectivity index (χ3v) is 4.39. The molecule has 0 aliphatic carbocycles. The Morgan fingerprint density at radius 1 is 1.29 bits per heavy atom. The van der Waals surface area contributed by atoms with E-state index in [9.17, 15) is 9.59 Å². The first-order valence-corrected chi connectivity index (χ1v) is 8.21. The SMILES string of the molecule is CCOC(=O)C1(COC)CCCN(Cc2ccc(C(=O)O)cc2)C1. The Morgan fingerprint density at radius 2 is 2.00 bits per heavy atom. The standard InChI is InChI=1S/C18H25NO5/c1-3-24-17(22)18(13-23-2)9-4-10-19(12-18)11-14-5-7-15(8-6-14)16(20)21/h5-8H,3-4,9-13H2,1-2H3,(H,20,21). The number of rotatable bonds is 7. The minimum absolute atomic E-state index is 0.197. The Balaban J connectivity index is 2.07. The zero-order valence-electron chi connectivity index (χ0n) is 14.3. The highest BCUT2D eigenvalue weighted by molar-refractivity contribution is 5.87. The summed E-state index contributed by atoms with van der Waals surface area (Å²) in [5.74, 6) is -1.13. The van der Waals surface area contributed by atoms with Gasteiger partial charge < -0.3 is 14.6 Å². The molecule has 1 heterocycles. The molecule has 6 heteroatoms. The third-order valence-electron chi connectivity index (χ3n) is 4.39. The molecule has 1 aliphatic heterocycles. The average Bonchev–Trinajstić information content (AvgIpc) is 2.56. The van der Waals surface area contributed by atoms with E-state index in [1.54, 1.807) is 19.2 Å². The number of carboxylic acids is 1. The summed E-state index contributed by atoms with van der Waals surface area (Å²) in [6.45, 7) is 4.67. The topological polar surface area (TPSA) is 76.1 Å². The maximum atomic E-state index is 12.4. The molecular formula is C18H25NO5. The van der Waals surface area contributed by atoms with Crippen LogP contribution >= 0.6 is 0 Å². The van der Waals surface area contributed by atoms with Gasteiger partial charge in [0.15, 0.2) is 0 Å². The Labute approximate surface area is 142 Å². The molecule has 1 aromatic rings. The van der Waals surface area contributed by atoms with Crippen LogP contribution < -0.4 is 0 Å². The Morgan fingerprint density at radius 3 is 2.58 bits per heavy atom. The predicted molar refractivity (Wildman–Crippen MR) is 88.9 cm³/mol. The number of benzene rings is 1. The van der Waals surface area contributed by atoms with Crippen LogP contribution in [0.1, 0.15) is 35.7 Å². The van der Waals surface area contributed by atoms with Crippen LogP contribution in [0.4, 0.5) is 0 Å². The van der Waals surface area contributed by atoms with Crippen molar-refractivity contribution in [1.82, 2.24) is 4.90 Å². The summed E-state index contributed by atoms with van der Waals surface area (Å²) in [5, 5.41) is 8.96.